The Labute approximate surface area is 112 Å². The van der Waals surface area contributed by atoms with Crippen molar-refractivity contribution in [3.05, 3.63) is 47.8 Å². The highest BCUT2D eigenvalue weighted by Gasteiger charge is 2.05. The minimum atomic E-state index is -0.0561. The van der Waals surface area contributed by atoms with Gasteiger partial charge in [0.25, 0.3) is 0 Å². The number of H-pyrrole nitrogens is 1. The molecule has 1 heterocycles. The molecule has 5 nitrogen and oxygen atoms in total. The summed E-state index contributed by atoms with van der Waals surface area (Å²) in [6, 6.07) is 8.05. The molecule has 0 radical (unpaired) electrons. The van der Waals surface area contributed by atoms with Gasteiger partial charge in [0, 0.05) is 37.0 Å². The average molecular weight is 258 g/mol. The second-order valence-electron chi connectivity index (χ2n) is 4.51. The van der Waals surface area contributed by atoms with Gasteiger partial charge in [0.05, 0.1) is 6.20 Å². The predicted molar refractivity (Wildman–Crippen MR) is 74.6 cm³/mol. The molecule has 100 valence electrons. The van der Waals surface area contributed by atoms with Gasteiger partial charge in [0.15, 0.2) is 0 Å². The summed E-state index contributed by atoms with van der Waals surface area (Å²) in [7, 11) is 0. The Morgan fingerprint density at radius 2 is 2.11 bits per heavy atom. The molecule has 1 aromatic heterocycles. The van der Waals surface area contributed by atoms with Crippen LogP contribution in [0, 0.1) is 0 Å². The van der Waals surface area contributed by atoms with Gasteiger partial charge in [-0.2, -0.15) is 5.10 Å². The summed E-state index contributed by atoms with van der Waals surface area (Å²) in [5, 5.41) is 12.9. The quantitative estimate of drug-likeness (QED) is 0.770. The number of amides is 1. The number of hydrogen-bond donors (Lipinski definition) is 3. The normalized spacial score (nSPS) is 12.1. The Kier molecular flexibility index (Phi) is 4.30. The minimum Gasteiger partial charge on any atom is -0.326 e. The molecule has 0 saturated heterocycles. The van der Waals surface area contributed by atoms with E-state index in [2.05, 4.69) is 27.8 Å². The molecule has 0 saturated carbocycles. The van der Waals surface area contributed by atoms with Crippen LogP contribution < -0.4 is 10.6 Å². The van der Waals surface area contributed by atoms with Crippen LogP contribution >= 0.6 is 0 Å². The molecule has 0 aliphatic rings. The second-order valence-corrected chi connectivity index (χ2v) is 4.51. The van der Waals surface area contributed by atoms with Crippen molar-refractivity contribution in [3.63, 3.8) is 0 Å². The lowest BCUT2D eigenvalue weighted by molar-refractivity contribution is -0.114. The van der Waals surface area contributed by atoms with Crippen LogP contribution in [0.2, 0.25) is 0 Å². The van der Waals surface area contributed by atoms with Crippen molar-refractivity contribution in [1.82, 2.24) is 15.5 Å². The number of hydrogen-bond acceptors (Lipinski definition) is 3. The third kappa shape index (κ3) is 3.93. The minimum absolute atomic E-state index is 0.0561. The smallest absolute Gasteiger partial charge is 0.221 e. The fraction of sp³-hybridized carbons (Fsp3) is 0.286. The highest BCUT2D eigenvalue weighted by atomic mass is 16.1. The number of rotatable bonds is 5. The Hall–Kier alpha value is -2.14. The van der Waals surface area contributed by atoms with Gasteiger partial charge in [0.2, 0.25) is 5.91 Å². The van der Waals surface area contributed by atoms with E-state index in [4.69, 9.17) is 0 Å². The zero-order valence-electron chi connectivity index (χ0n) is 11.1. The van der Waals surface area contributed by atoms with Gasteiger partial charge in [-0.05, 0) is 24.6 Å². The van der Waals surface area contributed by atoms with E-state index < -0.39 is 0 Å². The summed E-state index contributed by atoms with van der Waals surface area (Å²) in [6.07, 6.45) is 3.70. The maximum atomic E-state index is 10.9. The van der Waals surface area contributed by atoms with E-state index in [1.54, 1.807) is 0 Å². The third-order valence-electron chi connectivity index (χ3n) is 2.91. The molecular weight excluding hydrogens is 240 g/mol. The lowest BCUT2D eigenvalue weighted by Gasteiger charge is -2.12. The van der Waals surface area contributed by atoms with E-state index >= 15 is 0 Å². The van der Waals surface area contributed by atoms with Gasteiger partial charge in [-0.1, -0.05) is 12.1 Å². The van der Waals surface area contributed by atoms with Gasteiger partial charge in [0.1, 0.15) is 0 Å². The molecule has 1 atom stereocenters. The molecule has 1 aromatic carbocycles. The molecular formula is C14H18N4O. The highest BCUT2D eigenvalue weighted by molar-refractivity contribution is 5.88. The van der Waals surface area contributed by atoms with Gasteiger partial charge < -0.3 is 10.6 Å². The Morgan fingerprint density at radius 3 is 2.68 bits per heavy atom. The lowest BCUT2D eigenvalue weighted by Crippen LogP contribution is -2.17. The van der Waals surface area contributed by atoms with Crippen molar-refractivity contribution < 1.29 is 4.79 Å². The molecule has 0 fully saturated rings. The number of benzene rings is 1. The van der Waals surface area contributed by atoms with Crippen LogP contribution in [0.1, 0.15) is 31.0 Å². The summed E-state index contributed by atoms with van der Waals surface area (Å²) in [4.78, 5) is 10.9. The van der Waals surface area contributed by atoms with Crippen molar-refractivity contribution in [2.24, 2.45) is 0 Å². The standard InChI is InChI=1S/C14H18N4O/c1-10(13-8-16-17-9-13)15-7-12-3-5-14(6-4-12)18-11(2)19/h3-6,8-10,15H,7H2,1-2H3,(H,16,17)(H,18,19). The fourth-order valence-electron chi connectivity index (χ4n) is 1.80. The number of carbonyl (C=O) groups excluding carboxylic acids is 1. The first kappa shape index (κ1) is 13.3. The predicted octanol–water partition coefficient (Wildman–Crippen LogP) is 2.22. The lowest BCUT2D eigenvalue weighted by atomic mass is 10.1. The van der Waals surface area contributed by atoms with E-state index in [0.717, 1.165) is 17.8 Å². The molecule has 0 aliphatic carbocycles. The highest BCUT2D eigenvalue weighted by Crippen LogP contribution is 2.12. The Morgan fingerprint density at radius 1 is 1.37 bits per heavy atom. The Balaban J connectivity index is 1.88. The van der Waals surface area contributed by atoms with Crippen molar-refractivity contribution >= 4 is 11.6 Å². The number of nitrogens with zero attached hydrogens (tertiary/aromatic N) is 1. The largest absolute Gasteiger partial charge is 0.326 e. The second kappa shape index (κ2) is 6.15. The molecule has 2 aromatic rings. The zero-order chi connectivity index (χ0) is 13.7. The van der Waals surface area contributed by atoms with Crippen molar-refractivity contribution in [2.75, 3.05) is 5.32 Å². The topological polar surface area (TPSA) is 69.8 Å². The van der Waals surface area contributed by atoms with Gasteiger partial charge >= 0.3 is 0 Å². The van der Waals surface area contributed by atoms with Gasteiger partial charge in [-0.25, -0.2) is 0 Å². The van der Waals surface area contributed by atoms with Crippen LogP contribution in [0.3, 0.4) is 0 Å². The summed E-state index contributed by atoms with van der Waals surface area (Å²) in [5.41, 5.74) is 3.12. The zero-order valence-corrected chi connectivity index (χ0v) is 11.1. The maximum Gasteiger partial charge on any atom is 0.221 e. The van der Waals surface area contributed by atoms with Crippen molar-refractivity contribution in [2.45, 2.75) is 26.4 Å². The van der Waals surface area contributed by atoms with Crippen LogP contribution in [-0.4, -0.2) is 16.1 Å². The van der Waals surface area contributed by atoms with Gasteiger partial charge in [-0.15, -0.1) is 0 Å². The summed E-state index contributed by atoms with van der Waals surface area (Å²) in [5.74, 6) is -0.0561. The molecule has 0 bridgehead atoms. The molecule has 0 aliphatic heterocycles. The summed E-state index contributed by atoms with van der Waals surface area (Å²) >= 11 is 0. The van der Waals surface area contributed by atoms with Crippen molar-refractivity contribution in [3.8, 4) is 0 Å². The van der Waals surface area contributed by atoms with Gasteiger partial charge in [-0.3, -0.25) is 9.89 Å². The number of carbonyl (C=O) groups is 1. The van der Waals surface area contributed by atoms with E-state index in [1.165, 1.54) is 12.5 Å². The number of aromatic amines is 1. The first-order chi connectivity index (χ1) is 9.15. The van der Waals surface area contributed by atoms with E-state index in [9.17, 15) is 4.79 Å². The Bertz CT molecular complexity index is 519. The average Bonchev–Trinajstić information content (AvgIpc) is 2.91. The third-order valence-corrected chi connectivity index (χ3v) is 2.91. The van der Waals surface area contributed by atoms with E-state index in [1.807, 2.05) is 36.7 Å². The summed E-state index contributed by atoms with van der Waals surface area (Å²) in [6.45, 7) is 4.37. The molecule has 19 heavy (non-hydrogen) atoms. The van der Waals surface area contributed by atoms with Crippen LogP contribution in [-0.2, 0) is 11.3 Å². The maximum absolute atomic E-state index is 10.9. The first-order valence-electron chi connectivity index (χ1n) is 6.24. The monoisotopic (exact) mass is 258 g/mol. The van der Waals surface area contributed by atoms with Crippen LogP contribution in [0.5, 0.6) is 0 Å². The van der Waals surface area contributed by atoms with Crippen LogP contribution in [0.4, 0.5) is 5.69 Å². The van der Waals surface area contributed by atoms with Crippen LogP contribution in [0.25, 0.3) is 0 Å². The number of anilines is 1. The molecule has 0 spiro atoms. The number of aromatic nitrogens is 2. The van der Waals surface area contributed by atoms with Crippen molar-refractivity contribution in [1.29, 1.82) is 0 Å². The molecule has 1 amide bonds. The fourth-order valence-corrected chi connectivity index (χ4v) is 1.80. The molecule has 5 heteroatoms. The molecule has 3 N–H and O–H groups in total. The SMILES string of the molecule is CC(=O)Nc1ccc(CNC(C)c2cn[nH]c2)cc1. The summed E-state index contributed by atoms with van der Waals surface area (Å²) < 4.78 is 0. The molecule has 2 rings (SSSR count). The molecule has 1 unspecified atom stereocenters. The number of nitrogens with one attached hydrogen (secondary N) is 3. The van der Waals surface area contributed by atoms with E-state index in [0.29, 0.717) is 0 Å². The van der Waals surface area contributed by atoms with E-state index in [-0.39, 0.29) is 11.9 Å². The first-order valence-corrected chi connectivity index (χ1v) is 6.24. The van der Waals surface area contributed by atoms with Crippen LogP contribution in [0.15, 0.2) is 36.7 Å².